The second-order valence-corrected chi connectivity index (χ2v) is 18.9. The molecule has 0 atom stereocenters. The molecule has 0 N–H and O–H groups in total. The molecule has 0 saturated carbocycles. The van der Waals surface area contributed by atoms with Crippen LogP contribution in [-0.2, 0) is 10.1 Å². The van der Waals surface area contributed by atoms with Crippen LogP contribution >= 0.6 is 7.26 Å². The molecule has 254 valence electrons. The molecule has 1 aromatic rings. The molecule has 0 saturated heterocycles. The predicted octanol–water partition coefficient (Wildman–Crippen LogP) is 13.0. The minimum atomic E-state index is -4.25. The fourth-order valence-electron chi connectivity index (χ4n) is 6.17. The number of benzene rings is 1. The standard InChI is InChI=1S/C32H68P.C6H6O3S/c1-5-9-13-17-21-25-29-33(30-26-22-18-14-10-6-2,31-27-23-19-15-11-7-3)32-28-24-20-16-12-8-4;7-10(8,9)6-4-2-1-3-5-6/h5-32H2,1-4H3;1-5H,(H,7,8,9)/q+1;/p-1. The number of hydrogen-bond donors (Lipinski definition) is 0. The summed E-state index contributed by atoms with van der Waals surface area (Å²) in [6, 6.07) is 7.19. The first-order valence-electron chi connectivity index (χ1n) is 18.7. The Hall–Kier alpha value is -0.440. The summed E-state index contributed by atoms with van der Waals surface area (Å²) in [7, 11) is -4.97. The second-order valence-electron chi connectivity index (χ2n) is 13.1. The Labute approximate surface area is 271 Å². The summed E-state index contributed by atoms with van der Waals surface area (Å²) in [6.45, 7) is 9.38. The molecule has 0 aromatic heterocycles. The maximum Gasteiger partial charge on any atom is 0.124 e. The van der Waals surface area contributed by atoms with Crippen LogP contribution in [0, 0.1) is 0 Å². The van der Waals surface area contributed by atoms with E-state index in [-0.39, 0.29) is 4.90 Å². The lowest BCUT2D eigenvalue weighted by Gasteiger charge is -2.28. The van der Waals surface area contributed by atoms with E-state index in [9.17, 15) is 13.0 Å². The molecule has 0 unspecified atom stereocenters. The normalized spacial score (nSPS) is 11.8. The van der Waals surface area contributed by atoms with Gasteiger partial charge in [-0.15, -0.1) is 0 Å². The van der Waals surface area contributed by atoms with Gasteiger partial charge >= 0.3 is 0 Å². The summed E-state index contributed by atoms with van der Waals surface area (Å²) in [5, 5.41) is 0. The fourth-order valence-corrected chi connectivity index (χ4v) is 11.6. The summed E-state index contributed by atoms with van der Waals surface area (Å²) in [5.74, 6) is 0. The first-order valence-corrected chi connectivity index (χ1v) is 22.6. The number of rotatable bonds is 29. The zero-order valence-corrected chi connectivity index (χ0v) is 31.0. The molecular weight excluding hydrogens is 567 g/mol. The van der Waals surface area contributed by atoms with E-state index in [0.717, 1.165) is 0 Å². The van der Waals surface area contributed by atoms with Crippen molar-refractivity contribution in [2.45, 2.75) is 187 Å². The van der Waals surface area contributed by atoms with E-state index in [1.54, 1.807) is 56.4 Å². The molecule has 0 bridgehead atoms. The van der Waals surface area contributed by atoms with E-state index in [4.69, 9.17) is 0 Å². The Morgan fingerprint density at radius 1 is 0.442 bits per heavy atom. The zero-order chi connectivity index (χ0) is 31.9. The van der Waals surface area contributed by atoms with E-state index in [0.29, 0.717) is 0 Å². The van der Waals surface area contributed by atoms with Crippen molar-refractivity contribution >= 4 is 17.4 Å². The topological polar surface area (TPSA) is 57.2 Å². The molecule has 0 aliphatic carbocycles. The lowest BCUT2D eigenvalue weighted by atomic mass is 10.1. The van der Waals surface area contributed by atoms with Crippen LogP contribution < -0.4 is 0 Å². The third-order valence-electron chi connectivity index (χ3n) is 8.98. The first-order chi connectivity index (χ1) is 20.8. The number of unbranched alkanes of at least 4 members (excludes halogenated alkanes) is 20. The largest absolute Gasteiger partial charge is 0.744 e. The van der Waals surface area contributed by atoms with Crippen LogP contribution in [0.2, 0.25) is 0 Å². The molecule has 0 heterocycles. The number of hydrogen-bond acceptors (Lipinski definition) is 3. The molecule has 1 rings (SSSR count). The van der Waals surface area contributed by atoms with E-state index in [2.05, 4.69) is 27.7 Å². The van der Waals surface area contributed by atoms with Gasteiger partial charge in [0, 0.05) is 7.26 Å². The van der Waals surface area contributed by atoms with Crippen molar-refractivity contribution in [1.29, 1.82) is 0 Å². The van der Waals surface area contributed by atoms with Crippen molar-refractivity contribution in [3.05, 3.63) is 30.3 Å². The minimum Gasteiger partial charge on any atom is -0.744 e. The van der Waals surface area contributed by atoms with Gasteiger partial charge in [-0.2, -0.15) is 0 Å². The van der Waals surface area contributed by atoms with Gasteiger partial charge in [-0.25, -0.2) is 8.42 Å². The summed E-state index contributed by atoms with van der Waals surface area (Å²) < 4.78 is 30.8. The Bertz CT molecular complexity index is 727. The minimum absolute atomic E-state index is 0.185. The Morgan fingerprint density at radius 3 is 0.930 bits per heavy atom. The van der Waals surface area contributed by atoms with Gasteiger partial charge in [0.2, 0.25) is 0 Å². The highest BCUT2D eigenvalue weighted by Gasteiger charge is 2.34. The lowest BCUT2D eigenvalue weighted by Crippen LogP contribution is -2.13. The van der Waals surface area contributed by atoms with E-state index in [1.807, 2.05) is 0 Å². The van der Waals surface area contributed by atoms with Gasteiger partial charge in [-0.05, 0) is 63.5 Å². The van der Waals surface area contributed by atoms with E-state index >= 15 is 0 Å². The molecule has 0 aliphatic heterocycles. The van der Waals surface area contributed by atoms with Crippen molar-refractivity contribution in [2.24, 2.45) is 0 Å². The second kappa shape index (κ2) is 30.2. The quantitative estimate of drug-likeness (QED) is 0.0497. The van der Waals surface area contributed by atoms with Crippen molar-refractivity contribution in [3.8, 4) is 0 Å². The molecule has 0 spiro atoms. The fraction of sp³-hybridized carbons (Fsp3) is 0.842. The van der Waals surface area contributed by atoms with Crippen LogP contribution in [0.25, 0.3) is 0 Å². The maximum absolute atomic E-state index is 10.3. The van der Waals surface area contributed by atoms with Crippen molar-refractivity contribution in [3.63, 3.8) is 0 Å². The average Bonchev–Trinajstić information content (AvgIpc) is 3.00. The summed E-state index contributed by atoms with van der Waals surface area (Å²) in [5.41, 5.74) is 0. The Kier molecular flexibility index (Phi) is 29.9. The van der Waals surface area contributed by atoms with Crippen molar-refractivity contribution < 1.29 is 13.0 Å². The zero-order valence-electron chi connectivity index (χ0n) is 29.3. The van der Waals surface area contributed by atoms with Crippen LogP contribution in [0.3, 0.4) is 0 Å². The van der Waals surface area contributed by atoms with Gasteiger partial charge in [0.25, 0.3) is 0 Å². The molecule has 3 nitrogen and oxygen atoms in total. The highest BCUT2D eigenvalue weighted by atomic mass is 32.2. The molecule has 43 heavy (non-hydrogen) atoms. The van der Waals surface area contributed by atoms with Gasteiger partial charge in [0.1, 0.15) is 10.1 Å². The van der Waals surface area contributed by atoms with Crippen molar-refractivity contribution in [2.75, 3.05) is 24.6 Å². The maximum atomic E-state index is 10.3. The molecule has 0 amide bonds. The van der Waals surface area contributed by atoms with Gasteiger partial charge in [-0.1, -0.05) is 149 Å². The van der Waals surface area contributed by atoms with Gasteiger partial charge in [0.15, 0.2) is 0 Å². The van der Waals surface area contributed by atoms with Crippen molar-refractivity contribution in [1.82, 2.24) is 0 Å². The molecule has 0 radical (unpaired) electrons. The molecule has 0 aliphatic rings. The third-order valence-corrected chi connectivity index (χ3v) is 14.9. The smallest absolute Gasteiger partial charge is 0.124 e. The van der Waals surface area contributed by atoms with Gasteiger partial charge < -0.3 is 4.55 Å². The van der Waals surface area contributed by atoms with Gasteiger partial charge in [0.05, 0.1) is 29.5 Å². The van der Waals surface area contributed by atoms with Gasteiger partial charge in [-0.3, -0.25) is 0 Å². The molecule has 0 fully saturated rings. The van der Waals surface area contributed by atoms with E-state index in [1.165, 1.54) is 153 Å². The summed E-state index contributed by atoms with van der Waals surface area (Å²) >= 11 is 0. The molecule has 5 heteroatoms. The van der Waals surface area contributed by atoms with Crippen LogP contribution in [-0.4, -0.2) is 37.6 Å². The van der Waals surface area contributed by atoms with Crippen LogP contribution in [0.1, 0.15) is 182 Å². The van der Waals surface area contributed by atoms with E-state index < -0.39 is 17.4 Å². The Morgan fingerprint density at radius 2 is 0.698 bits per heavy atom. The highest BCUT2D eigenvalue weighted by Crippen LogP contribution is 2.61. The first kappa shape index (κ1) is 42.6. The Balaban J connectivity index is 0.00000147. The van der Waals surface area contributed by atoms with Crippen LogP contribution in [0.4, 0.5) is 0 Å². The predicted molar refractivity (Wildman–Crippen MR) is 194 cm³/mol. The monoisotopic (exact) mass is 641 g/mol. The average molecular weight is 641 g/mol. The van der Waals surface area contributed by atoms with Crippen LogP contribution in [0.15, 0.2) is 35.2 Å². The van der Waals surface area contributed by atoms with Crippen LogP contribution in [0.5, 0.6) is 0 Å². The molecule has 1 aromatic carbocycles. The molecular formula is C38H73O3PS. The highest BCUT2D eigenvalue weighted by molar-refractivity contribution is 7.85. The summed E-state index contributed by atoms with van der Waals surface area (Å²) in [4.78, 5) is -0.185. The summed E-state index contributed by atoms with van der Waals surface area (Å²) in [6.07, 6.45) is 42.1. The lowest BCUT2D eigenvalue weighted by molar-refractivity contribution is 0.463. The third kappa shape index (κ3) is 26.5. The SMILES string of the molecule is CCCCCCCC[P+](CCCCCCCC)(CCCCCCCC)CCCCCCCC.O=S(=O)([O-])c1ccccc1.